The van der Waals surface area contributed by atoms with E-state index in [4.69, 9.17) is 4.79 Å². The molecule has 1 atom stereocenters. The summed E-state index contributed by atoms with van der Waals surface area (Å²) >= 11 is 3.52. The molecule has 3 aromatic rings. The number of ketones is 1. The van der Waals surface area contributed by atoms with Gasteiger partial charge >= 0.3 is 0 Å². The summed E-state index contributed by atoms with van der Waals surface area (Å²) in [5, 5.41) is 1.29. The molecule has 0 saturated carbocycles. The van der Waals surface area contributed by atoms with Crippen molar-refractivity contribution in [3.8, 4) is 0 Å². The van der Waals surface area contributed by atoms with Crippen molar-refractivity contribution in [3.63, 3.8) is 0 Å². The first-order chi connectivity index (χ1) is 17.7. The number of rotatable bonds is 7. The Labute approximate surface area is 235 Å². The van der Waals surface area contributed by atoms with Crippen LogP contribution in [0.25, 0.3) is 10.9 Å². The van der Waals surface area contributed by atoms with Crippen molar-refractivity contribution >= 4 is 38.9 Å². The van der Waals surface area contributed by atoms with Crippen molar-refractivity contribution in [3.05, 3.63) is 83.0 Å². The molecule has 37 heavy (non-hydrogen) atoms. The molecule has 0 spiro atoms. The van der Waals surface area contributed by atoms with Gasteiger partial charge in [0.1, 0.15) is 6.29 Å². The number of hydrogen-bond donors (Lipinski definition) is 1. The number of H-pyrrole nitrogens is 1. The van der Waals surface area contributed by atoms with Crippen LogP contribution in [0.1, 0.15) is 92.2 Å². The summed E-state index contributed by atoms with van der Waals surface area (Å²) < 4.78 is 1.12. The smallest absolute Gasteiger partial charge is 0.157 e. The Morgan fingerprint density at radius 3 is 1.92 bits per heavy atom. The topological polar surface area (TPSA) is 49.9 Å². The molecular weight excluding hydrogens is 522 g/mol. The normalized spacial score (nSPS) is 10.2. The zero-order valence-electron chi connectivity index (χ0n) is 24.4. The summed E-state index contributed by atoms with van der Waals surface area (Å²) in [5.74, 6) is 1.24. The molecule has 0 saturated heterocycles. The van der Waals surface area contributed by atoms with E-state index in [2.05, 4.69) is 117 Å². The van der Waals surface area contributed by atoms with Crippen LogP contribution in [0.4, 0.5) is 0 Å². The van der Waals surface area contributed by atoms with Crippen molar-refractivity contribution in [2.24, 2.45) is 11.8 Å². The molecule has 3 nitrogen and oxygen atoms in total. The molecule has 0 aliphatic rings. The van der Waals surface area contributed by atoms with Crippen molar-refractivity contribution < 1.29 is 9.59 Å². The molecule has 1 unspecified atom stereocenters. The first-order valence-electron chi connectivity index (χ1n) is 13.5. The lowest BCUT2D eigenvalue weighted by Crippen LogP contribution is -2.04. The van der Waals surface area contributed by atoms with Gasteiger partial charge in [0.05, 0.1) is 0 Å². The number of aromatic nitrogens is 1. The van der Waals surface area contributed by atoms with Crippen molar-refractivity contribution in [2.45, 2.75) is 87.5 Å². The first-order valence-corrected chi connectivity index (χ1v) is 14.3. The van der Waals surface area contributed by atoms with Gasteiger partial charge in [0.15, 0.2) is 5.78 Å². The lowest BCUT2D eigenvalue weighted by atomic mass is 10.0. The quantitative estimate of drug-likeness (QED) is 0.226. The van der Waals surface area contributed by atoms with E-state index in [0.717, 1.165) is 29.5 Å². The molecule has 0 aliphatic carbocycles. The van der Waals surface area contributed by atoms with Gasteiger partial charge in [-0.2, -0.15) is 0 Å². The standard InChI is InChI=1S/C15H12BrN.C7H12O.C6H14.C3H8.C2H4O/c16-13-6-7-15-14(9-13)12(10-17-15)8-11-4-2-1-3-5-11;1-4-6(3)7(8)5-2;1-4-6(3)5-2;1-3-2;1-2-3/h1-7,9-10,17H,8H2;5-6H,2,4H2,1,3H3;6H,4-5H2,1-3H3;3H2,1-2H3;2H,1H3. The van der Waals surface area contributed by atoms with E-state index in [1.807, 2.05) is 13.8 Å². The number of allylic oxidation sites excluding steroid dienone is 1. The second-order valence-electron chi connectivity index (χ2n) is 8.95. The molecule has 0 amide bonds. The third-order valence-corrected chi connectivity index (χ3v) is 6.15. The summed E-state index contributed by atoms with van der Waals surface area (Å²) in [6.45, 7) is 19.7. The lowest BCUT2D eigenvalue weighted by Gasteiger charge is -2.00. The largest absolute Gasteiger partial charge is 0.361 e. The fourth-order valence-corrected chi connectivity index (χ4v) is 3.16. The molecule has 0 fully saturated rings. The molecular formula is C33H50BrNO2. The van der Waals surface area contributed by atoms with Crippen LogP contribution in [0, 0.1) is 11.8 Å². The van der Waals surface area contributed by atoms with Gasteiger partial charge < -0.3 is 9.78 Å². The highest BCUT2D eigenvalue weighted by Gasteiger charge is 2.05. The molecule has 0 radical (unpaired) electrons. The van der Waals surface area contributed by atoms with Crippen LogP contribution in [0.15, 0.2) is 71.9 Å². The fourth-order valence-electron chi connectivity index (χ4n) is 2.80. The Hall–Kier alpha value is -2.46. The van der Waals surface area contributed by atoms with E-state index >= 15 is 0 Å². The number of halogens is 1. The molecule has 0 bridgehead atoms. The summed E-state index contributed by atoms with van der Waals surface area (Å²) in [5.41, 5.74) is 3.88. The van der Waals surface area contributed by atoms with Crippen LogP contribution in [-0.2, 0) is 16.0 Å². The van der Waals surface area contributed by atoms with E-state index < -0.39 is 0 Å². The Bertz CT molecular complexity index is 974. The minimum absolute atomic E-state index is 0.146. The summed E-state index contributed by atoms with van der Waals surface area (Å²) in [6, 6.07) is 16.9. The van der Waals surface area contributed by atoms with Crippen molar-refractivity contribution in [1.29, 1.82) is 0 Å². The van der Waals surface area contributed by atoms with Crippen LogP contribution >= 0.6 is 15.9 Å². The van der Waals surface area contributed by atoms with E-state index in [1.165, 1.54) is 54.3 Å². The van der Waals surface area contributed by atoms with Gasteiger partial charge in [-0.15, -0.1) is 0 Å². The Kier molecular flexibility index (Phi) is 23.7. The van der Waals surface area contributed by atoms with E-state index in [0.29, 0.717) is 0 Å². The highest BCUT2D eigenvalue weighted by molar-refractivity contribution is 9.10. The fraction of sp³-hybridized carbons (Fsp3) is 0.455. The molecule has 0 aliphatic heterocycles. The van der Waals surface area contributed by atoms with Crippen LogP contribution in [0.5, 0.6) is 0 Å². The maximum Gasteiger partial charge on any atom is 0.157 e. The third kappa shape index (κ3) is 17.6. The maximum atomic E-state index is 10.6. The highest BCUT2D eigenvalue weighted by Crippen LogP contribution is 2.24. The Balaban J connectivity index is 0. The Morgan fingerprint density at radius 1 is 0.973 bits per heavy atom. The molecule has 4 heteroatoms. The monoisotopic (exact) mass is 571 g/mol. The summed E-state index contributed by atoms with van der Waals surface area (Å²) in [6.07, 6.45) is 10.0. The molecule has 3 rings (SSSR count). The second-order valence-corrected chi connectivity index (χ2v) is 9.86. The minimum atomic E-state index is 0.146. The van der Waals surface area contributed by atoms with Crippen molar-refractivity contribution in [2.75, 3.05) is 0 Å². The number of nitrogens with one attached hydrogen (secondary N) is 1. The number of carbonyl (C=O) groups excluding carboxylic acids is 2. The van der Waals surface area contributed by atoms with Crippen molar-refractivity contribution in [1.82, 2.24) is 4.98 Å². The van der Waals surface area contributed by atoms with E-state index in [1.54, 1.807) is 0 Å². The minimum Gasteiger partial charge on any atom is -0.361 e. The lowest BCUT2D eigenvalue weighted by molar-refractivity contribution is -0.117. The zero-order valence-corrected chi connectivity index (χ0v) is 26.0. The van der Waals surface area contributed by atoms with Crippen LogP contribution < -0.4 is 0 Å². The number of aromatic amines is 1. The van der Waals surface area contributed by atoms with Gasteiger partial charge in [-0.1, -0.05) is 121 Å². The molecule has 1 heterocycles. The van der Waals surface area contributed by atoms with Gasteiger partial charge in [0, 0.05) is 27.5 Å². The number of benzene rings is 2. The van der Waals surface area contributed by atoms with E-state index in [-0.39, 0.29) is 11.7 Å². The van der Waals surface area contributed by atoms with Gasteiger partial charge in [-0.3, -0.25) is 4.79 Å². The number of aldehydes is 1. The molecule has 2 aromatic carbocycles. The van der Waals surface area contributed by atoms with Crippen LogP contribution in [-0.4, -0.2) is 17.1 Å². The average Bonchev–Trinajstić information content (AvgIpc) is 3.31. The zero-order chi connectivity index (χ0) is 28.6. The van der Waals surface area contributed by atoms with Crippen LogP contribution in [0.3, 0.4) is 0 Å². The molecule has 1 N–H and O–H groups in total. The number of hydrogen-bond acceptors (Lipinski definition) is 2. The van der Waals surface area contributed by atoms with Gasteiger partial charge in [-0.05, 0) is 61.1 Å². The van der Waals surface area contributed by atoms with Crippen LogP contribution in [0.2, 0.25) is 0 Å². The number of fused-ring (bicyclic) bond motifs is 1. The number of carbonyl (C=O) groups is 2. The third-order valence-electron chi connectivity index (χ3n) is 5.66. The highest BCUT2D eigenvalue weighted by atomic mass is 79.9. The maximum absolute atomic E-state index is 10.6. The summed E-state index contributed by atoms with van der Waals surface area (Å²) in [4.78, 5) is 22.7. The van der Waals surface area contributed by atoms with E-state index in [9.17, 15) is 4.79 Å². The predicted octanol–water partition coefficient (Wildman–Crippen LogP) is 10.4. The van der Waals surface area contributed by atoms with Gasteiger partial charge in [0.25, 0.3) is 0 Å². The second kappa shape index (κ2) is 23.9. The van der Waals surface area contributed by atoms with Gasteiger partial charge in [0.2, 0.25) is 0 Å². The first kappa shape index (κ1) is 36.7. The Morgan fingerprint density at radius 2 is 1.51 bits per heavy atom. The predicted molar refractivity (Wildman–Crippen MR) is 167 cm³/mol. The molecule has 206 valence electrons. The summed E-state index contributed by atoms with van der Waals surface area (Å²) in [7, 11) is 0. The average molecular weight is 573 g/mol. The molecule has 1 aromatic heterocycles. The van der Waals surface area contributed by atoms with Gasteiger partial charge in [-0.25, -0.2) is 0 Å². The SMILES string of the molecule is Brc1ccc2[nH]cc(Cc3ccccc3)c2c1.C=CC(=O)C(C)CC.CC=O.CCC.CCC(C)CC.